The summed E-state index contributed by atoms with van der Waals surface area (Å²) < 4.78 is 0. The van der Waals surface area contributed by atoms with Gasteiger partial charge in [-0.3, -0.25) is 4.79 Å². The molecule has 0 aromatic carbocycles. The third kappa shape index (κ3) is 7.88. The molecule has 0 bridgehead atoms. The first-order valence-corrected chi connectivity index (χ1v) is 3.58. The predicted octanol–water partition coefficient (Wildman–Crippen LogP) is 1.50. The summed E-state index contributed by atoms with van der Waals surface area (Å²) >= 11 is 5.06. The van der Waals surface area contributed by atoms with Crippen molar-refractivity contribution in [3.63, 3.8) is 0 Å². The lowest BCUT2D eigenvalue weighted by Gasteiger charge is -1.98. The van der Waals surface area contributed by atoms with E-state index in [0.717, 1.165) is 0 Å². The Balaban J connectivity index is 2.84. The molecule has 0 atom stereocenters. The highest BCUT2D eigenvalue weighted by Gasteiger charge is 1.94. The van der Waals surface area contributed by atoms with Crippen LogP contribution in [0.5, 0.6) is 0 Å². The molecule has 3 nitrogen and oxygen atoms in total. The van der Waals surface area contributed by atoms with E-state index in [0.29, 0.717) is 26.1 Å². The van der Waals surface area contributed by atoms with Crippen LogP contribution in [0.25, 0.3) is 0 Å². The predicted molar refractivity (Wildman–Crippen MR) is 37.7 cm³/mol. The molecule has 0 radical (unpaired) electrons. The van der Waals surface area contributed by atoms with Gasteiger partial charge in [-0.2, -0.15) is 0 Å². The standard InChI is InChI=1S/C6H11ClO3/c1-2-9-10-5-3-4-6(7)8/h2-5H2,1H3. The van der Waals surface area contributed by atoms with Crippen LogP contribution in [0.2, 0.25) is 0 Å². The van der Waals surface area contributed by atoms with Crippen molar-refractivity contribution < 1.29 is 14.6 Å². The van der Waals surface area contributed by atoms with Crippen LogP contribution in [0.4, 0.5) is 0 Å². The molecule has 0 unspecified atom stereocenters. The molecule has 0 aromatic heterocycles. The van der Waals surface area contributed by atoms with Crippen LogP contribution < -0.4 is 0 Å². The first kappa shape index (κ1) is 9.88. The van der Waals surface area contributed by atoms with Gasteiger partial charge in [0.25, 0.3) is 0 Å². The molecule has 10 heavy (non-hydrogen) atoms. The van der Waals surface area contributed by atoms with Gasteiger partial charge in [-0.1, -0.05) is 0 Å². The molecular weight excluding hydrogens is 156 g/mol. The summed E-state index contributed by atoms with van der Waals surface area (Å²) in [4.78, 5) is 19.3. The van der Waals surface area contributed by atoms with Crippen LogP contribution in [-0.4, -0.2) is 18.5 Å². The number of halogens is 1. The van der Waals surface area contributed by atoms with Crippen LogP contribution in [0, 0.1) is 0 Å². The summed E-state index contributed by atoms with van der Waals surface area (Å²) in [7, 11) is 0. The normalized spacial score (nSPS) is 9.80. The van der Waals surface area contributed by atoms with E-state index >= 15 is 0 Å². The van der Waals surface area contributed by atoms with E-state index in [9.17, 15) is 4.79 Å². The molecule has 0 aliphatic rings. The first-order chi connectivity index (χ1) is 4.77. The minimum atomic E-state index is -0.333. The van der Waals surface area contributed by atoms with Gasteiger partial charge in [-0.05, 0) is 24.9 Å². The average Bonchev–Trinajstić information content (AvgIpc) is 1.87. The van der Waals surface area contributed by atoms with Crippen molar-refractivity contribution >= 4 is 16.8 Å². The first-order valence-electron chi connectivity index (χ1n) is 3.20. The van der Waals surface area contributed by atoms with Gasteiger partial charge in [0.2, 0.25) is 5.24 Å². The largest absolute Gasteiger partial charge is 0.281 e. The van der Waals surface area contributed by atoms with Crippen LogP contribution in [0.15, 0.2) is 0 Å². The summed E-state index contributed by atoms with van der Waals surface area (Å²) in [6, 6.07) is 0. The zero-order chi connectivity index (χ0) is 7.82. The van der Waals surface area contributed by atoms with E-state index < -0.39 is 0 Å². The number of carbonyl (C=O) groups is 1. The quantitative estimate of drug-likeness (QED) is 0.260. The Labute approximate surface area is 65.2 Å². The fourth-order valence-electron chi connectivity index (χ4n) is 0.412. The highest BCUT2D eigenvalue weighted by Crippen LogP contribution is 1.94. The summed E-state index contributed by atoms with van der Waals surface area (Å²) in [5.41, 5.74) is 0. The molecular formula is C6H11ClO3. The molecule has 0 saturated heterocycles. The Morgan fingerprint density at radius 2 is 2.20 bits per heavy atom. The third-order valence-corrected chi connectivity index (χ3v) is 0.991. The maximum absolute atomic E-state index is 10.1. The van der Waals surface area contributed by atoms with Crippen LogP contribution >= 0.6 is 11.6 Å². The number of rotatable bonds is 6. The van der Waals surface area contributed by atoms with Gasteiger partial charge >= 0.3 is 0 Å². The van der Waals surface area contributed by atoms with Crippen LogP contribution in [0.1, 0.15) is 19.8 Å². The Morgan fingerprint density at radius 3 is 2.70 bits per heavy atom. The van der Waals surface area contributed by atoms with Gasteiger partial charge in [0.15, 0.2) is 0 Å². The zero-order valence-electron chi connectivity index (χ0n) is 5.93. The lowest BCUT2D eigenvalue weighted by Crippen LogP contribution is -1.97. The highest BCUT2D eigenvalue weighted by molar-refractivity contribution is 6.63. The average molecular weight is 167 g/mol. The minimum absolute atomic E-state index is 0.333. The second-order valence-corrected chi connectivity index (χ2v) is 2.11. The van der Waals surface area contributed by atoms with Crippen molar-refractivity contribution in [3.05, 3.63) is 0 Å². The van der Waals surface area contributed by atoms with Crippen molar-refractivity contribution in [2.75, 3.05) is 13.2 Å². The maximum atomic E-state index is 10.1. The smallest absolute Gasteiger partial charge is 0.221 e. The van der Waals surface area contributed by atoms with E-state index in [-0.39, 0.29) is 5.24 Å². The van der Waals surface area contributed by atoms with Gasteiger partial charge in [-0.15, -0.1) is 0 Å². The Bertz CT molecular complexity index is 95.0. The van der Waals surface area contributed by atoms with Gasteiger partial charge in [-0.25, -0.2) is 9.78 Å². The highest BCUT2D eigenvalue weighted by atomic mass is 35.5. The lowest BCUT2D eigenvalue weighted by atomic mass is 10.3. The molecule has 0 aromatic rings. The van der Waals surface area contributed by atoms with E-state index in [4.69, 9.17) is 11.6 Å². The van der Waals surface area contributed by atoms with Gasteiger partial charge in [0.05, 0.1) is 13.2 Å². The molecule has 0 aliphatic carbocycles. The Morgan fingerprint density at radius 1 is 1.50 bits per heavy atom. The van der Waals surface area contributed by atoms with Crippen molar-refractivity contribution in [1.82, 2.24) is 0 Å². The summed E-state index contributed by atoms with van der Waals surface area (Å²) in [6.07, 6.45) is 0.955. The van der Waals surface area contributed by atoms with Gasteiger partial charge in [0, 0.05) is 6.42 Å². The summed E-state index contributed by atoms with van der Waals surface area (Å²) in [6.45, 7) is 2.77. The van der Waals surface area contributed by atoms with Gasteiger partial charge < -0.3 is 0 Å². The second kappa shape index (κ2) is 6.99. The molecule has 0 rings (SSSR count). The monoisotopic (exact) mass is 166 g/mol. The van der Waals surface area contributed by atoms with Gasteiger partial charge in [0.1, 0.15) is 0 Å². The van der Waals surface area contributed by atoms with Crippen molar-refractivity contribution in [2.24, 2.45) is 0 Å². The summed E-state index contributed by atoms with van der Waals surface area (Å²) in [5.74, 6) is 0. The fourth-order valence-corrected chi connectivity index (χ4v) is 0.546. The second-order valence-electron chi connectivity index (χ2n) is 1.69. The van der Waals surface area contributed by atoms with E-state index in [1.807, 2.05) is 6.92 Å². The van der Waals surface area contributed by atoms with Crippen molar-refractivity contribution in [3.8, 4) is 0 Å². The lowest BCUT2D eigenvalue weighted by molar-refractivity contribution is -0.291. The Hall–Kier alpha value is -0.120. The minimum Gasteiger partial charge on any atom is -0.281 e. The molecule has 0 heterocycles. The van der Waals surface area contributed by atoms with Crippen LogP contribution in [-0.2, 0) is 14.6 Å². The zero-order valence-corrected chi connectivity index (χ0v) is 6.69. The summed E-state index contributed by atoms with van der Waals surface area (Å²) in [5, 5.41) is -0.333. The molecule has 0 fully saturated rings. The van der Waals surface area contributed by atoms with E-state index in [2.05, 4.69) is 9.78 Å². The van der Waals surface area contributed by atoms with Crippen LogP contribution in [0.3, 0.4) is 0 Å². The molecule has 4 heteroatoms. The fraction of sp³-hybridized carbons (Fsp3) is 0.833. The van der Waals surface area contributed by atoms with Crippen molar-refractivity contribution in [2.45, 2.75) is 19.8 Å². The molecule has 0 spiro atoms. The van der Waals surface area contributed by atoms with Crippen molar-refractivity contribution in [1.29, 1.82) is 0 Å². The molecule has 0 saturated carbocycles. The molecule has 60 valence electrons. The SMILES string of the molecule is CCOOCCCC(=O)Cl. The molecule has 0 aliphatic heterocycles. The maximum Gasteiger partial charge on any atom is 0.221 e. The number of hydrogen-bond acceptors (Lipinski definition) is 3. The molecule has 0 N–H and O–H groups in total. The van der Waals surface area contributed by atoms with E-state index in [1.54, 1.807) is 0 Å². The number of hydrogen-bond donors (Lipinski definition) is 0. The number of carbonyl (C=O) groups excluding carboxylic acids is 1. The molecule has 0 amide bonds. The topological polar surface area (TPSA) is 35.5 Å². The third-order valence-electron chi connectivity index (χ3n) is 0.802. The Kier molecular flexibility index (Phi) is 6.91. The van der Waals surface area contributed by atoms with E-state index in [1.165, 1.54) is 0 Å².